The second kappa shape index (κ2) is 6.36. The quantitative estimate of drug-likeness (QED) is 0.842. The van der Waals surface area contributed by atoms with Gasteiger partial charge in [0.25, 0.3) is 0 Å². The second-order valence-electron chi connectivity index (χ2n) is 6.20. The molecule has 21 heavy (non-hydrogen) atoms. The fourth-order valence-corrected chi connectivity index (χ4v) is 2.57. The molecule has 118 valence electrons. The average Bonchev–Trinajstić information content (AvgIpc) is 2.40. The third-order valence-electron chi connectivity index (χ3n) is 4.01. The topological polar surface area (TPSA) is 6.48 Å². The van der Waals surface area contributed by atoms with E-state index in [1.165, 1.54) is 12.1 Å². The van der Waals surface area contributed by atoms with Gasteiger partial charge in [-0.05, 0) is 36.2 Å². The Labute approximate surface area is 124 Å². The van der Waals surface area contributed by atoms with Crippen LogP contribution in [0, 0.1) is 0 Å². The van der Waals surface area contributed by atoms with Crippen LogP contribution in [-0.4, -0.2) is 43.0 Å². The van der Waals surface area contributed by atoms with Gasteiger partial charge in [-0.1, -0.05) is 19.9 Å². The molecule has 1 aromatic rings. The molecule has 0 radical (unpaired) electrons. The van der Waals surface area contributed by atoms with Crippen molar-refractivity contribution in [3.8, 4) is 0 Å². The monoisotopic (exact) mass is 300 g/mol. The lowest BCUT2D eigenvalue weighted by atomic mass is 9.97. The van der Waals surface area contributed by atoms with Crippen molar-refractivity contribution >= 4 is 0 Å². The molecule has 0 aliphatic carbocycles. The van der Waals surface area contributed by atoms with Gasteiger partial charge < -0.3 is 4.90 Å². The zero-order chi connectivity index (χ0) is 15.6. The van der Waals surface area contributed by atoms with Gasteiger partial charge in [-0.15, -0.1) is 0 Å². The lowest BCUT2D eigenvalue weighted by molar-refractivity contribution is -0.137. The number of hydrogen-bond acceptors (Lipinski definition) is 2. The Morgan fingerprint density at radius 2 is 1.67 bits per heavy atom. The molecule has 0 N–H and O–H groups in total. The largest absolute Gasteiger partial charge is 0.416 e. The highest BCUT2D eigenvalue weighted by Gasteiger charge is 2.31. The summed E-state index contributed by atoms with van der Waals surface area (Å²) in [4.78, 5) is 4.46. The molecule has 0 bridgehead atoms. The van der Waals surface area contributed by atoms with Crippen LogP contribution in [0.4, 0.5) is 13.2 Å². The number of alkyl halides is 3. The average molecular weight is 300 g/mol. The van der Waals surface area contributed by atoms with Gasteiger partial charge in [-0.2, -0.15) is 13.2 Å². The van der Waals surface area contributed by atoms with E-state index in [1.54, 1.807) is 0 Å². The van der Waals surface area contributed by atoms with Crippen LogP contribution in [0.15, 0.2) is 18.2 Å². The summed E-state index contributed by atoms with van der Waals surface area (Å²) < 4.78 is 39.1. The molecular formula is C16H23F3N2. The Balaban J connectivity index is 2.20. The maximum atomic E-state index is 13.0. The normalized spacial score (nSPS) is 18.4. The standard InChI is InChI=1S/C16H23F3N2/c1-12(2)14-8-13(9-15(10-14)16(17,18)19)11-21-6-4-20(3)5-7-21/h8-10,12H,4-7,11H2,1-3H3. The number of nitrogens with zero attached hydrogens (tertiary/aromatic N) is 2. The summed E-state index contributed by atoms with van der Waals surface area (Å²) in [6.07, 6.45) is -4.28. The van der Waals surface area contributed by atoms with Crippen molar-refractivity contribution in [2.24, 2.45) is 0 Å². The smallest absolute Gasteiger partial charge is 0.304 e. The van der Waals surface area contributed by atoms with Gasteiger partial charge in [0.05, 0.1) is 5.56 Å². The van der Waals surface area contributed by atoms with Crippen molar-refractivity contribution in [3.63, 3.8) is 0 Å². The van der Waals surface area contributed by atoms with Crippen molar-refractivity contribution in [1.82, 2.24) is 9.80 Å². The molecule has 1 aromatic carbocycles. The lowest BCUT2D eigenvalue weighted by Crippen LogP contribution is -2.43. The van der Waals surface area contributed by atoms with E-state index in [1.807, 2.05) is 19.9 Å². The van der Waals surface area contributed by atoms with Crippen LogP contribution in [0.5, 0.6) is 0 Å². The fourth-order valence-electron chi connectivity index (χ4n) is 2.57. The highest BCUT2D eigenvalue weighted by atomic mass is 19.4. The van der Waals surface area contributed by atoms with Crippen molar-refractivity contribution < 1.29 is 13.2 Å². The van der Waals surface area contributed by atoms with Gasteiger partial charge in [0, 0.05) is 32.7 Å². The molecule has 0 saturated carbocycles. The van der Waals surface area contributed by atoms with E-state index in [-0.39, 0.29) is 5.92 Å². The second-order valence-corrected chi connectivity index (χ2v) is 6.20. The molecule has 2 nitrogen and oxygen atoms in total. The van der Waals surface area contributed by atoms with Crippen LogP contribution in [-0.2, 0) is 12.7 Å². The van der Waals surface area contributed by atoms with E-state index >= 15 is 0 Å². The zero-order valence-electron chi connectivity index (χ0n) is 12.9. The first-order valence-electron chi connectivity index (χ1n) is 7.37. The highest BCUT2D eigenvalue weighted by Crippen LogP contribution is 2.32. The number of likely N-dealkylation sites (N-methyl/N-ethyl adjacent to an activating group) is 1. The van der Waals surface area contributed by atoms with Crippen LogP contribution in [0.25, 0.3) is 0 Å². The molecule has 1 saturated heterocycles. The summed E-state index contributed by atoms with van der Waals surface area (Å²) >= 11 is 0. The van der Waals surface area contributed by atoms with E-state index < -0.39 is 11.7 Å². The van der Waals surface area contributed by atoms with Crippen LogP contribution in [0.2, 0.25) is 0 Å². The van der Waals surface area contributed by atoms with E-state index in [9.17, 15) is 13.2 Å². The highest BCUT2D eigenvalue weighted by molar-refractivity contribution is 5.33. The third-order valence-corrected chi connectivity index (χ3v) is 4.01. The summed E-state index contributed by atoms with van der Waals surface area (Å²) in [5.74, 6) is 0.0959. The molecule has 1 aliphatic heterocycles. The molecule has 5 heteroatoms. The van der Waals surface area contributed by atoms with E-state index in [0.717, 1.165) is 37.3 Å². The summed E-state index contributed by atoms with van der Waals surface area (Å²) in [6, 6.07) is 4.49. The third kappa shape index (κ3) is 4.45. The van der Waals surface area contributed by atoms with Gasteiger partial charge >= 0.3 is 6.18 Å². The van der Waals surface area contributed by atoms with Gasteiger partial charge in [0.15, 0.2) is 0 Å². The predicted octanol–water partition coefficient (Wildman–Crippen LogP) is 3.58. The maximum Gasteiger partial charge on any atom is 0.416 e. The minimum absolute atomic E-state index is 0.0959. The van der Waals surface area contributed by atoms with Crippen LogP contribution in [0.3, 0.4) is 0 Å². The Bertz CT molecular complexity index is 475. The maximum absolute atomic E-state index is 13.0. The van der Waals surface area contributed by atoms with Crippen molar-refractivity contribution in [3.05, 3.63) is 34.9 Å². The number of benzene rings is 1. The minimum Gasteiger partial charge on any atom is -0.304 e. The molecule has 0 amide bonds. The predicted molar refractivity (Wildman–Crippen MR) is 78.3 cm³/mol. The molecule has 0 unspecified atom stereocenters. The SMILES string of the molecule is CC(C)c1cc(CN2CCN(C)CC2)cc(C(F)(F)F)c1. The number of halogens is 3. The number of hydrogen-bond donors (Lipinski definition) is 0. The van der Waals surface area contributed by atoms with E-state index in [0.29, 0.717) is 6.54 Å². The molecule has 1 aliphatic rings. The molecule has 0 aromatic heterocycles. The first-order chi connectivity index (χ1) is 9.75. The summed E-state index contributed by atoms with van der Waals surface area (Å²) in [5.41, 5.74) is 0.991. The molecule has 0 atom stereocenters. The Morgan fingerprint density at radius 3 is 2.19 bits per heavy atom. The van der Waals surface area contributed by atoms with E-state index in [4.69, 9.17) is 0 Å². The zero-order valence-corrected chi connectivity index (χ0v) is 12.9. The lowest BCUT2D eigenvalue weighted by Gasteiger charge is -2.32. The van der Waals surface area contributed by atoms with Crippen LogP contribution in [0.1, 0.15) is 36.5 Å². The first-order valence-corrected chi connectivity index (χ1v) is 7.37. The molecule has 2 rings (SSSR count). The van der Waals surface area contributed by atoms with Crippen LogP contribution >= 0.6 is 0 Å². The minimum atomic E-state index is -4.28. The fraction of sp³-hybridized carbons (Fsp3) is 0.625. The van der Waals surface area contributed by atoms with Gasteiger partial charge in [0.1, 0.15) is 0 Å². The van der Waals surface area contributed by atoms with Crippen molar-refractivity contribution in [2.75, 3.05) is 33.2 Å². The number of rotatable bonds is 3. The van der Waals surface area contributed by atoms with Gasteiger partial charge in [-0.3, -0.25) is 4.90 Å². The Hall–Kier alpha value is -1.07. The first kappa shape index (κ1) is 16.3. The van der Waals surface area contributed by atoms with Crippen molar-refractivity contribution in [1.29, 1.82) is 0 Å². The Morgan fingerprint density at radius 1 is 1.05 bits per heavy atom. The summed E-state index contributed by atoms with van der Waals surface area (Å²) in [7, 11) is 2.07. The molecule has 1 heterocycles. The summed E-state index contributed by atoms with van der Waals surface area (Å²) in [5, 5.41) is 0. The summed E-state index contributed by atoms with van der Waals surface area (Å²) in [6.45, 7) is 8.20. The van der Waals surface area contributed by atoms with Gasteiger partial charge in [-0.25, -0.2) is 0 Å². The molecular weight excluding hydrogens is 277 g/mol. The number of piperazine rings is 1. The molecule has 1 fully saturated rings. The molecule has 0 spiro atoms. The van der Waals surface area contributed by atoms with Crippen LogP contribution < -0.4 is 0 Å². The van der Waals surface area contributed by atoms with E-state index in [2.05, 4.69) is 16.8 Å². The van der Waals surface area contributed by atoms with Crippen molar-refractivity contribution in [2.45, 2.75) is 32.5 Å². The Kier molecular flexibility index (Phi) is 4.94. The van der Waals surface area contributed by atoms with Gasteiger partial charge in [0.2, 0.25) is 0 Å².